The molecule has 2 amide bonds. The zero-order chi connectivity index (χ0) is 22.2. The highest BCUT2D eigenvalue weighted by Crippen LogP contribution is 2.24. The highest BCUT2D eigenvalue weighted by molar-refractivity contribution is 8.00. The molecule has 2 N–H and O–H groups in total. The van der Waals surface area contributed by atoms with Crippen molar-refractivity contribution >= 4 is 46.6 Å². The Hall–Kier alpha value is -3.09. The molecule has 0 heterocycles. The molecule has 0 fully saturated rings. The number of nitrogens with zero attached hydrogens (tertiary/aromatic N) is 1. The number of carbonyl (C=O) groups excluding carboxylic acids is 2. The Bertz CT molecular complexity index is 1090. The molecule has 0 spiro atoms. The van der Waals surface area contributed by atoms with Crippen LogP contribution >= 0.6 is 23.4 Å². The van der Waals surface area contributed by atoms with Gasteiger partial charge in [-0.25, -0.2) is 5.43 Å². The smallest absolute Gasteiger partial charge is 0.255 e. The van der Waals surface area contributed by atoms with Gasteiger partial charge in [-0.1, -0.05) is 41.9 Å². The van der Waals surface area contributed by atoms with Crippen LogP contribution in [0.25, 0.3) is 0 Å². The summed E-state index contributed by atoms with van der Waals surface area (Å²) in [6.07, 6.45) is 0. The number of anilines is 1. The van der Waals surface area contributed by atoms with Crippen LogP contribution in [-0.2, 0) is 4.79 Å². The Morgan fingerprint density at radius 1 is 0.935 bits per heavy atom. The molecule has 1 atom stereocenters. The Kier molecular flexibility index (Phi) is 7.87. The Morgan fingerprint density at radius 2 is 1.61 bits per heavy atom. The molecule has 3 rings (SSSR count). The van der Waals surface area contributed by atoms with Crippen LogP contribution in [0.4, 0.5) is 5.69 Å². The van der Waals surface area contributed by atoms with E-state index < -0.39 is 0 Å². The first-order valence-corrected chi connectivity index (χ1v) is 10.9. The number of benzene rings is 3. The second-order valence-electron chi connectivity index (χ2n) is 6.79. The van der Waals surface area contributed by atoms with Crippen molar-refractivity contribution in [2.75, 3.05) is 5.32 Å². The fourth-order valence-corrected chi connectivity index (χ4v) is 3.67. The van der Waals surface area contributed by atoms with Crippen LogP contribution in [0.1, 0.15) is 29.8 Å². The van der Waals surface area contributed by atoms with Crippen molar-refractivity contribution in [3.05, 3.63) is 95.0 Å². The van der Waals surface area contributed by atoms with Crippen molar-refractivity contribution in [3.8, 4) is 0 Å². The molecular formula is C24H22ClN3O2S. The summed E-state index contributed by atoms with van der Waals surface area (Å²) in [6.45, 7) is 3.62. The second kappa shape index (κ2) is 10.8. The van der Waals surface area contributed by atoms with Crippen molar-refractivity contribution in [2.45, 2.75) is 24.0 Å². The van der Waals surface area contributed by atoms with Crippen molar-refractivity contribution in [3.63, 3.8) is 0 Å². The average Bonchev–Trinajstić information content (AvgIpc) is 2.79. The van der Waals surface area contributed by atoms with Crippen molar-refractivity contribution in [1.82, 2.24) is 5.43 Å². The van der Waals surface area contributed by atoms with Crippen molar-refractivity contribution < 1.29 is 9.59 Å². The van der Waals surface area contributed by atoms with E-state index in [9.17, 15) is 9.59 Å². The van der Waals surface area contributed by atoms with Gasteiger partial charge in [0.25, 0.3) is 11.8 Å². The van der Waals surface area contributed by atoms with Gasteiger partial charge in [-0.2, -0.15) is 5.10 Å². The molecule has 158 valence electrons. The maximum Gasteiger partial charge on any atom is 0.255 e. The Morgan fingerprint density at radius 3 is 2.32 bits per heavy atom. The molecule has 0 aliphatic carbocycles. The predicted molar refractivity (Wildman–Crippen MR) is 128 cm³/mol. The maximum absolute atomic E-state index is 12.4. The predicted octanol–water partition coefficient (Wildman–Crippen LogP) is 5.61. The first-order valence-electron chi connectivity index (χ1n) is 9.65. The van der Waals surface area contributed by atoms with E-state index in [1.54, 1.807) is 37.3 Å². The van der Waals surface area contributed by atoms with Crippen LogP contribution in [0.2, 0.25) is 5.02 Å². The molecule has 31 heavy (non-hydrogen) atoms. The Balaban J connectivity index is 1.60. The van der Waals surface area contributed by atoms with E-state index in [4.69, 9.17) is 11.6 Å². The molecule has 3 aromatic carbocycles. The van der Waals surface area contributed by atoms with E-state index in [2.05, 4.69) is 15.8 Å². The van der Waals surface area contributed by atoms with E-state index in [0.29, 0.717) is 22.0 Å². The summed E-state index contributed by atoms with van der Waals surface area (Å²) in [5, 5.41) is 7.42. The van der Waals surface area contributed by atoms with Gasteiger partial charge in [0, 0.05) is 21.2 Å². The number of hydrogen-bond acceptors (Lipinski definition) is 4. The van der Waals surface area contributed by atoms with Gasteiger partial charge in [0.2, 0.25) is 0 Å². The standard InChI is InChI=1S/C24H22ClN3O2S/c1-16(27-28-23(29)17(2)31-22-13-11-20(25)12-14-22)19-9-6-10-21(15-19)26-24(30)18-7-4-3-5-8-18/h3-15,17H,1-2H3,(H,26,30)(H,28,29)/b27-16+. The summed E-state index contributed by atoms with van der Waals surface area (Å²) in [5.74, 6) is -0.387. The molecule has 0 saturated heterocycles. The minimum atomic E-state index is -0.325. The normalized spacial score (nSPS) is 12.2. The SMILES string of the molecule is C/C(=N\NC(=O)C(C)Sc1ccc(Cl)cc1)c1cccc(NC(=O)c2ccccc2)c1. The summed E-state index contributed by atoms with van der Waals surface area (Å²) < 4.78 is 0. The molecule has 7 heteroatoms. The number of amides is 2. The third kappa shape index (κ3) is 6.70. The summed E-state index contributed by atoms with van der Waals surface area (Å²) in [5.41, 5.74) is 5.27. The molecule has 0 aliphatic heterocycles. The van der Waals surface area contributed by atoms with Gasteiger partial charge in [0.05, 0.1) is 11.0 Å². The van der Waals surface area contributed by atoms with Crippen LogP contribution in [0, 0.1) is 0 Å². The summed E-state index contributed by atoms with van der Waals surface area (Å²) >= 11 is 7.32. The number of hydrazone groups is 1. The summed E-state index contributed by atoms with van der Waals surface area (Å²) in [6, 6.07) is 23.7. The average molecular weight is 452 g/mol. The van der Waals surface area contributed by atoms with Crippen LogP contribution in [0.5, 0.6) is 0 Å². The number of nitrogens with one attached hydrogen (secondary N) is 2. The highest BCUT2D eigenvalue weighted by atomic mass is 35.5. The number of thioether (sulfide) groups is 1. The van der Waals surface area contributed by atoms with Crippen LogP contribution in [-0.4, -0.2) is 22.8 Å². The lowest BCUT2D eigenvalue weighted by molar-refractivity contribution is -0.120. The van der Waals surface area contributed by atoms with Crippen LogP contribution < -0.4 is 10.7 Å². The minimum absolute atomic E-state index is 0.186. The largest absolute Gasteiger partial charge is 0.322 e. The molecule has 0 bridgehead atoms. The molecule has 3 aromatic rings. The van der Waals surface area contributed by atoms with Crippen LogP contribution in [0.15, 0.2) is 88.9 Å². The van der Waals surface area contributed by atoms with Gasteiger partial charge in [0.1, 0.15) is 0 Å². The van der Waals surface area contributed by atoms with Gasteiger partial charge < -0.3 is 5.32 Å². The molecule has 0 aliphatic rings. The van der Waals surface area contributed by atoms with E-state index in [-0.39, 0.29) is 17.1 Å². The monoisotopic (exact) mass is 451 g/mol. The van der Waals surface area contributed by atoms with E-state index >= 15 is 0 Å². The zero-order valence-corrected chi connectivity index (χ0v) is 18.7. The number of carbonyl (C=O) groups is 2. The number of rotatable bonds is 7. The quantitative estimate of drug-likeness (QED) is 0.278. The van der Waals surface area contributed by atoms with Crippen molar-refractivity contribution in [2.24, 2.45) is 5.10 Å². The molecule has 0 saturated carbocycles. The van der Waals surface area contributed by atoms with Gasteiger partial charge in [0.15, 0.2) is 0 Å². The molecule has 0 radical (unpaired) electrons. The van der Waals surface area contributed by atoms with Crippen molar-refractivity contribution in [1.29, 1.82) is 0 Å². The first-order chi connectivity index (χ1) is 14.9. The lowest BCUT2D eigenvalue weighted by Crippen LogP contribution is -2.27. The fraction of sp³-hybridized carbons (Fsp3) is 0.125. The van der Waals surface area contributed by atoms with Gasteiger partial charge in [-0.3, -0.25) is 9.59 Å². The van der Waals surface area contributed by atoms with Crippen LogP contribution in [0.3, 0.4) is 0 Å². The first kappa shape index (κ1) is 22.6. The van der Waals surface area contributed by atoms with Gasteiger partial charge >= 0.3 is 0 Å². The summed E-state index contributed by atoms with van der Waals surface area (Å²) in [4.78, 5) is 25.7. The summed E-state index contributed by atoms with van der Waals surface area (Å²) in [7, 11) is 0. The van der Waals surface area contributed by atoms with Gasteiger partial charge in [-0.05, 0) is 67.9 Å². The maximum atomic E-state index is 12.4. The number of halogens is 1. The molecule has 1 unspecified atom stereocenters. The van der Waals surface area contributed by atoms with Gasteiger partial charge in [-0.15, -0.1) is 11.8 Å². The van der Waals surface area contributed by atoms with E-state index in [0.717, 1.165) is 10.5 Å². The fourth-order valence-electron chi connectivity index (χ4n) is 2.68. The van der Waals surface area contributed by atoms with E-state index in [1.165, 1.54) is 11.8 Å². The molecule has 0 aromatic heterocycles. The lowest BCUT2D eigenvalue weighted by Gasteiger charge is -2.11. The zero-order valence-electron chi connectivity index (χ0n) is 17.1. The number of hydrogen-bond donors (Lipinski definition) is 2. The topological polar surface area (TPSA) is 70.6 Å². The van der Waals surface area contributed by atoms with E-state index in [1.807, 2.05) is 55.5 Å². The molecule has 5 nitrogen and oxygen atoms in total. The third-order valence-electron chi connectivity index (χ3n) is 4.40. The third-order valence-corrected chi connectivity index (χ3v) is 5.77. The Labute approximate surface area is 190 Å². The lowest BCUT2D eigenvalue weighted by atomic mass is 10.1. The second-order valence-corrected chi connectivity index (χ2v) is 8.64. The minimum Gasteiger partial charge on any atom is -0.322 e. The highest BCUT2D eigenvalue weighted by Gasteiger charge is 2.14. The molecular weight excluding hydrogens is 430 g/mol.